The zero-order valence-corrected chi connectivity index (χ0v) is 10.6. The van der Waals surface area contributed by atoms with Crippen molar-refractivity contribution in [2.45, 2.75) is 20.0 Å². The molecule has 0 amide bonds. The van der Waals surface area contributed by atoms with E-state index >= 15 is 0 Å². The normalized spacial score (nSPS) is 12.0. The molecule has 0 saturated carbocycles. The van der Waals surface area contributed by atoms with E-state index in [0.29, 0.717) is 12.5 Å². The lowest BCUT2D eigenvalue weighted by atomic mass is 10.2. The van der Waals surface area contributed by atoms with Gasteiger partial charge in [-0.3, -0.25) is 0 Å². The van der Waals surface area contributed by atoms with Crippen molar-refractivity contribution in [2.75, 3.05) is 18.5 Å². The average molecular weight is 267 g/mol. The van der Waals surface area contributed by atoms with Crippen LogP contribution in [-0.2, 0) is 6.18 Å². The second kappa shape index (κ2) is 5.12. The van der Waals surface area contributed by atoms with Gasteiger partial charge in [0.15, 0.2) is 0 Å². The van der Waals surface area contributed by atoms with E-state index in [0.717, 1.165) is 12.1 Å². The standard InChI is InChI=1S/C11H14ClF3N2/c1-7(2)6-17(3)10-5-8(11(13,14)15)4-9(12)16-10/h4-5,7H,6H2,1-3H3. The van der Waals surface area contributed by atoms with Gasteiger partial charge < -0.3 is 4.90 Å². The van der Waals surface area contributed by atoms with E-state index in [2.05, 4.69) is 4.98 Å². The molecule has 0 atom stereocenters. The zero-order chi connectivity index (χ0) is 13.2. The predicted octanol–water partition coefficient (Wildman–Crippen LogP) is 3.85. The Morgan fingerprint density at radius 1 is 1.35 bits per heavy atom. The van der Waals surface area contributed by atoms with Gasteiger partial charge in [-0.05, 0) is 18.1 Å². The molecule has 1 rings (SSSR count). The van der Waals surface area contributed by atoms with Crippen molar-refractivity contribution in [1.82, 2.24) is 4.98 Å². The molecule has 6 heteroatoms. The van der Waals surface area contributed by atoms with E-state index in [9.17, 15) is 13.2 Å². The Morgan fingerprint density at radius 2 is 1.94 bits per heavy atom. The molecule has 0 fully saturated rings. The third-order valence-corrected chi connectivity index (χ3v) is 2.33. The largest absolute Gasteiger partial charge is 0.416 e. The molecule has 1 heterocycles. The van der Waals surface area contributed by atoms with Crippen LogP contribution in [0, 0.1) is 5.92 Å². The number of nitrogens with zero attached hydrogens (tertiary/aromatic N) is 2. The molecule has 0 aliphatic heterocycles. The molecular formula is C11H14ClF3N2. The summed E-state index contributed by atoms with van der Waals surface area (Å²) in [5.74, 6) is 0.564. The molecule has 0 N–H and O–H groups in total. The fourth-order valence-corrected chi connectivity index (χ4v) is 1.69. The lowest BCUT2D eigenvalue weighted by Gasteiger charge is -2.21. The Kier molecular flexibility index (Phi) is 4.25. The van der Waals surface area contributed by atoms with Crippen LogP contribution in [0.4, 0.5) is 19.0 Å². The first-order valence-electron chi connectivity index (χ1n) is 5.16. The van der Waals surface area contributed by atoms with Gasteiger partial charge in [0.1, 0.15) is 11.0 Å². The molecule has 0 spiro atoms. The number of anilines is 1. The fraction of sp³-hybridized carbons (Fsp3) is 0.545. The maximum atomic E-state index is 12.6. The smallest absolute Gasteiger partial charge is 0.359 e. The van der Waals surface area contributed by atoms with Crippen LogP contribution in [0.5, 0.6) is 0 Å². The molecule has 17 heavy (non-hydrogen) atoms. The van der Waals surface area contributed by atoms with E-state index in [-0.39, 0.29) is 11.0 Å². The molecule has 1 aromatic rings. The Bertz CT molecular complexity index is 391. The summed E-state index contributed by atoms with van der Waals surface area (Å²) >= 11 is 5.60. The summed E-state index contributed by atoms with van der Waals surface area (Å²) in [5.41, 5.74) is -0.775. The summed E-state index contributed by atoms with van der Waals surface area (Å²) in [4.78, 5) is 5.55. The van der Waals surface area contributed by atoms with Crippen LogP contribution in [0.1, 0.15) is 19.4 Å². The molecule has 1 aromatic heterocycles. The van der Waals surface area contributed by atoms with E-state index < -0.39 is 11.7 Å². The minimum atomic E-state index is -4.40. The molecule has 0 aliphatic carbocycles. The number of hydrogen-bond acceptors (Lipinski definition) is 2. The van der Waals surface area contributed by atoms with Crippen molar-refractivity contribution in [3.8, 4) is 0 Å². The summed E-state index contributed by atoms with van der Waals surface area (Å²) in [6, 6.07) is 1.84. The minimum absolute atomic E-state index is 0.148. The second-order valence-corrected chi connectivity index (χ2v) is 4.70. The molecule has 0 unspecified atom stereocenters. The van der Waals surface area contributed by atoms with E-state index in [1.54, 1.807) is 11.9 Å². The van der Waals surface area contributed by atoms with Crippen molar-refractivity contribution in [1.29, 1.82) is 0 Å². The van der Waals surface area contributed by atoms with Crippen molar-refractivity contribution < 1.29 is 13.2 Å². The van der Waals surface area contributed by atoms with E-state index in [4.69, 9.17) is 11.6 Å². The van der Waals surface area contributed by atoms with Gasteiger partial charge in [0.2, 0.25) is 0 Å². The van der Waals surface area contributed by atoms with Crippen LogP contribution < -0.4 is 4.90 Å². The zero-order valence-electron chi connectivity index (χ0n) is 9.85. The Hall–Kier alpha value is -0.970. The molecule has 0 bridgehead atoms. The van der Waals surface area contributed by atoms with Gasteiger partial charge in [-0.2, -0.15) is 13.2 Å². The van der Waals surface area contributed by atoms with Crippen LogP contribution in [0.25, 0.3) is 0 Å². The van der Waals surface area contributed by atoms with Crippen molar-refractivity contribution >= 4 is 17.4 Å². The lowest BCUT2D eigenvalue weighted by molar-refractivity contribution is -0.137. The number of aromatic nitrogens is 1. The predicted molar refractivity (Wildman–Crippen MR) is 62.4 cm³/mol. The molecular weight excluding hydrogens is 253 g/mol. The van der Waals surface area contributed by atoms with Gasteiger partial charge in [-0.25, -0.2) is 4.98 Å². The maximum Gasteiger partial charge on any atom is 0.416 e. The van der Waals surface area contributed by atoms with Gasteiger partial charge in [-0.15, -0.1) is 0 Å². The topological polar surface area (TPSA) is 16.1 Å². The van der Waals surface area contributed by atoms with Gasteiger partial charge in [-0.1, -0.05) is 25.4 Å². The molecule has 96 valence electrons. The number of pyridine rings is 1. The number of alkyl halides is 3. The molecule has 0 radical (unpaired) electrons. The first kappa shape index (κ1) is 14.1. The summed E-state index contributed by atoms with van der Waals surface area (Å²) in [7, 11) is 1.69. The highest BCUT2D eigenvalue weighted by molar-refractivity contribution is 6.29. The summed E-state index contributed by atoms with van der Waals surface area (Å²) < 4.78 is 37.7. The highest BCUT2D eigenvalue weighted by Crippen LogP contribution is 2.32. The molecule has 2 nitrogen and oxygen atoms in total. The average Bonchev–Trinajstić information content (AvgIpc) is 2.14. The first-order valence-corrected chi connectivity index (χ1v) is 5.54. The van der Waals surface area contributed by atoms with Gasteiger partial charge >= 0.3 is 6.18 Å². The van der Waals surface area contributed by atoms with Crippen LogP contribution in [0.2, 0.25) is 5.15 Å². The van der Waals surface area contributed by atoms with E-state index in [1.807, 2.05) is 13.8 Å². The monoisotopic (exact) mass is 266 g/mol. The quantitative estimate of drug-likeness (QED) is 0.773. The number of rotatable bonds is 3. The SMILES string of the molecule is CC(C)CN(C)c1cc(C(F)(F)F)cc(Cl)n1. The second-order valence-electron chi connectivity index (χ2n) is 4.31. The van der Waals surface area contributed by atoms with Crippen molar-refractivity contribution in [2.24, 2.45) is 5.92 Å². The molecule has 0 saturated heterocycles. The van der Waals surface area contributed by atoms with Crippen LogP contribution in [0.15, 0.2) is 12.1 Å². The van der Waals surface area contributed by atoms with Crippen molar-refractivity contribution in [3.63, 3.8) is 0 Å². The lowest BCUT2D eigenvalue weighted by Crippen LogP contribution is -2.24. The molecule has 0 aliphatic rings. The van der Waals surface area contributed by atoms with Crippen LogP contribution in [0.3, 0.4) is 0 Å². The Balaban J connectivity index is 3.05. The first-order chi connectivity index (χ1) is 7.70. The third kappa shape index (κ3) is 4.07. The van der Waals surface area contributed by atoms with Gasteiger partial charge in [0.25, 0.3) is 0 Å². The Labute approximate surface area is 103 Å². The number of halogens is 4. The van der Waals surface area contributed by atoms with Crippen LogP contribution in [-0.4, -0.2) is 18.6 Å². The summed E-state index contributed by atoms with van der Waals surface area (Å²) in [6.45, 7) is 4.57. The van der Waals surface area contributed by atoms with Crippen molar-refractivity contribution in [3.05, 3.63) is 22.8 Å². The van der Waals surface area contributed by atoms with E-state index in [1.165, 1.54) is 0 Å². The maximum absolute atomic E-state index is 12.6. The fourth-order valence-electron chi connectivity index (χ4n) is 1.48. The Morgan fingerprint density at radius 3 is 2.41 bits per heavy atom. The third-order valence-electron chi connectivity index (χ3n) is 2.14. The number of hydrogen-bond donors (Lipinski definition) is 0. The highest BCUT2D eigenvalue weighted by Gasteiger charge is 2.31. The van der Waals surface area contributed by atoms with Crippen LogP contribution >= 0.6 is 11.6 Å². The highest BCUT2D eigenvalue weighted by atomic mass is 35.5. The molecule has 0 aromatic carbocycles. The van der Waals surface area contributed by atoms with Gasteiger partial charge in [0, 0.05) is 13.6 Å². The summed E-state index contributed by atoms with van der Waals surface area (Å²) in [5, 5.41) is -0.148. The summed E-state index contributed by atoms with van der Waals surface area (Å²) in [6.07, 6.45) is -4.40. The minimum Gasteiger partial charge on any atom is -0.359 e. The van der Waals surface area contributed by atoms with Gasteiger partial charge in [0.05, 0.1) is 5.56 Å².